The molecule has 1 aromatic heterocycles. The lowest BCUT2D eigenvalue weighted by atomic mass is 10.1. The molecule has 1 rings (SSSR count). The van der Waals surface area contributed by atoms with E-state index in [9.17, 15) is 14.4 Å². The van der Waals surface area contributed by atoms with E-state index in [1.54, 1.807) is 20.0 Å². The minimum atomic E-state index is -0.509. The Morgan fingerprint density at radius 3 is 2.62 bits per heavy atom. The minimum absolute atomic E-state index is 0.0216. The van der Waals surface area contributed by atoms with E-state index in [0.717, 1.165) is 11.8 Å². The number of carbonyl (C=O) groups is 3. The number of pyridine rings is 1. The predicted molar refractivity (Wildman–Crippen MR) is 81.3 cm³/mol. The lowest BCUT2D eigenvalue weighted by Gasteiger charge is -2.21. The second-order valence-electron chi connectivity index (χ2n) is 4.52. The molecule has 6 nitrogen and oxygen atoms in total. The molecule has 1 heterocycles. The molecule has 0 N–H and O–H groups in total. The molecule has 114 valence electrons. The van der Waals surface area contributed by atoms with Crippen molar-refractivity contribution in [1.29, 1.82) is 0 Å². The van der Waals surface area contributed by atoms with Gasteiger partial charge in [-0.15, -0.1) is 0 Å². The number of amides is 1. The molecular formula is C14H18N2O4S. The number of thioether (sulfide) groups is 1. The van der Waals surface area contributed by atoms with Crippen LogP contribution in [0.4, 0.5) is 5.69 Å². The van der Waals surface area contributed by atoms with Crippen molar-refractivity contribution in [3.63, 3.8) is 0 Å². The summed E-state index contributed by atoms with van der Waals surface area (Å²) >= 11 is 1.12. The second-order valence-corrected chi connectivity index (χ2v) is 5.72. The lowest BCUT2D eigenvalue weighted by Crippen LogP contribution is -2.33. The average molecular weight is 310 g/mol. The highest BCUT2D eigenvalue weighted by atomic mass is 32.2. The molecular weight excluding hydrogens is 292 g/mol. The summed E-state index contributed by atoms with van der Waals surface area (Å²) in [7, 11) is 2.89. The Balaban J connectivity index is 2.82. The van der Waals surface area contributed by atoms with Gasteiger partial charge in [-0.2, -0.15) is 0 Å². The van der Waals surface area contributed by atoms with Gasteiger partial charge in [-0.3, -0.25) is 14.6 Å². The SMILES string of the molecule is COC(=O)c1cncc(N(C)C(=O)C(C)CSC(C)=O)c1. The lowest BCUT2D eigenvalue weighted by molar-refractivity contribution is -0.120. The zero-order chi connectivity index (χ0) is 16.0. The van der Waals surface area contributed by atoms with Gasteiger partial charge in [0.05, 0.1) is 24.6 Å². The molecule has 0 aliphatic carbocycles. The molecule has 0 bridgehead atoms. The number of esters is 1. The molecule has 1 aromatic rings. The number of aromatic nitrogens is 1. The third-order valence-electron chi connectivity index (χ3n) is 2.82. The summed E-state index contributed by atoms with van der Waals surface area (Å²) in [5, 5.41) is -0.0216. The van der Waals surface area contributed by atoms with E-state index >= 15 is 0 Å². The van der Waals surface area contributed by atoms with Gasteiger partial charge in [0.15, 0.2) is 5.12 Å². The molecule has 0 aliphatic rings. The summed E-state index contributed by atoms with van der Waals surface area (Å²) in [6.45, 7) is 3.22. The summed E-state index contributed by atoms with van der Waals surface area (Å²) < 4.78 is 4.62. The van der Waals surface area contributed by atoms with E-state index < -0.39 is 5.97 Å². The third kappa shape index (κ3) is 4.86. The first-order valence-corrected chi connectivity index (χ1v) is 7.29. The van der Waals surface area contributed by atoms with Crippen molar-refractivity contribution < 1.29 is 19.1 Å². The Hall–Kier alpha value is -1.89. The van der Waals surface area contributed by atoms with Crippen LogP contribution in [0.1, 0.15) is 24.2 Å². The highest BCUT2D eigenvalue weighted by Gasteiger charge is 2.20. The standard InChI is InChI=1S/C14H18N2O4S/c1-9(8-21-10(2)17)13(18)16(3)12-5-11(6-15-7-12)14(19)20-4/h5-7,9H,8H2,1-4H3. The van der Waals surface area contributed by atoms with Crippen LogP contribution in [0, 0.1) is 5.92 Å². The van der Waals surface area contributed by atoms with Gasteiger partial charge < -0.3 is 9.64 Å². The summed E-state index contributed by atoms with van der Waals surface area (Å²) in [6.07, 6.45) is 2.87. The van der Waals surface area contributed by atoms with Gasteiger partial charge in [0, 0.05) is 31.8 Å². The minimum Gasteiger partial charge on any atom is -0.465 e. The first kappa shape index (κ1) is 17.2. The summed E-state index contributed by atoms with van der Waals surface area (Å²) in [4.78, 5) is 40.0. The molecule has 1 amide bonds. The van der Waals surface area contributed by atoms with Crippen molar-refractivity contribution >= 4 is 34.4 Å². The molecule has 1 atom stereocenters. The van der Waals surface area contributed by atoms with E-state index in [2.05, 4.69) is 9.72 Å². The maximum absolute atomic E-state index is 12.3. The average Bonchev–Trinajstić information content (AvgIpc) is 2.50. The van der Waals surface area contributed by atoms with Gasteiger partial charge in [0.25, 0.3) is 0 Å². The van der Waals surface area contributed by atoms with E-state index in [1.165, 1.54) is 31.3 Å². The zero-order valence-electron chi connectivity index (χ0n) is 12.5. The Bertz CT molecular complexity index is 548. The van der Waals surface area contributed by atoms with Crippen LogP contribution < -0.4 is 4.90 Å². The van der Waals surface area contributed by atoms with Gasteiger partial charge in [0.2, 0.25) is 5.91 Å². The van der Waals surface area contributed by atoms with Crippen molar-refractivity contribution in [2.24, 2.45) is 5.92 Å². The topological polar surface area (TPSA) is 76.6 Å². The number of rotatable bonds is 5. The molecule has 0 fully saturated rings. The smallest absolute Gasteiger partial charge is 0.339 e. The first-order chi connectivity index (χ1) is 9.86. The van der Waals surface area contributed by atoms with E-state index in [4.69, 9.17) is 0 Å². The van der Waals surface area contributed by atoms with Crippen LogP contribution in [0.15, 0.2) is 18.5 Å². The van der Waals surface area contributed by atoms with Crippen molar-refractivity contribution in [1.82, 2.24) is 4.98 Å². The number of anilines is 1. The Labute approximate surface area is 127 Å². The van der Waals surface area contributed by atoms with Crippen molar-refractivity contribution in [2.75, 3.05) is 24.8 Å². The molecule has 7 heteroatoms. The fourth-order valence-corrected chi connectivity index (χ4v) is 2.24. The van der Waals surface area contributed by atoms with Crippen LogP contribution in [-0.4, -0.2) is 41.9 Å². The van der Waals surface area contributed by atoms with Crippen LogP contribution >= 0.6 is 11.8 Å². The van der Waals surface area contributed by atoms with E-state index in [1.807, 2.05) is 0 Å². The molecule has 0 saturated heterocycles. The molecule has 0 aliphatic heterocycles. The van der Waals surface area contributed by atoms with E-state index in [-0.39, 0.29) is 22.5 Å². The summed E-state index contributed by atoms with van der Waals surface area (Å²) in [5.41, 5.74) is 0.781. The third-order valence-corrected chi connectivity index (χ3v) is 3.89. The maximum atomic E-state index is 12.3. The number of ether oxygens (including phenoxy) is 1. The van der Waals surface area contributed by atoms with Crippen molar-refractivity contribution in [3.05, 3.63) is 24.0 Å². The highest BCUT2D eigenvalue weighted by Crippen LogP contribution is 2.18. The number of hydrogen-bond acceptors (Lipinski definition) is 6. The van der Waals surface area contributed by atoms with Gasteiger partial charge in [-0.25, -0.2) is 4.79 Å². The summed E-state index contributed by atoms with van der Waals surface area (Å²) in [5.74, 6) is -0.550. The highest BCUT2D eigenvalue weighted by molar-refractivity contribution is 8.13. The van der Waals surface area contributed by atoms with Crippen LogP contribution in [-0.2, 0) is 14.3 Å². The van der Waals surface area contributed by atoms with Gasteiger partial charge in [-0.05, 0) is 6.07 Å². The molecule has 0 radical (unpaired) electrons. The number of hydrogen-bond donors (Lipinski definition) is 0. The van der Waals surface area contributed by atoms with E-state index in [0.29, 0.717) is 11.4 Å². The van der Waals surface area contributed by atoms with Crippen LogP contribution in [0.25, 0.3) is 0 Å². The fraction of sp³-hybridized carbons (Fsp3) is 0.429. The maximum Gasteiger partial charge on any atom is 0.339 e. The first-order valence-electron chi connectivity index (χ1n) is 6.31. The van der Waals surface area contributed by atoms with Gasteiger partial charge >= 0.3 is 5.97 Å². The molecule has 0 aromatic carbocycles. The zero-order valence-corrected chi connectivity index (χ0v) is 13.3. The quantitative estimate of drug-likeness (QED) is 0.771. The molecule has 21 heavy (non-hydrogen) atoms. The molecule has 1 unspecified atom stereocenters. The van der Waals surface area contributed by atoms with Crippen LogP contribution in [0.3, 0.4) is 0 Å². The molecule has 0 spiro atoms. The second kappa shape index (κ2) is 7.78. The fourth-order valence-electron chi connectivity index (χ4n) is 1.61. The molecule has 0 saturated carbocycles. The van der Waals surface area contributed by atoms with Crippen molar-refractivity contribution in [2.45, 2.75) is 13.8 Å². The van der Waals surface area contributed by atoms with Crippen molar-refractivity contribution in [3.8, 4) is 0 Å². The Morgan fingerprint density at radius 1 is 1.38 bits per heavy atom. The van der Waals surface area contributed by atoms with Crippen LogP contribution in [0.2, 0.25) is 0 Å². The van der Waals surface area contributed by atoms with Crippen LogP contribution in [0.5, 0.6) is 0 Å². The number of nitrogens with zero attached hydrogens (tertiary/aromatic N) is 2. The largest absolute Gasteiger partial charge is 0.465 e. The Kier molecular flexibility index (Phi) is 6.36. The summed E-state index contributed by atoms with van der Waals surface area (Å²) in [6, 6.07) is 1.54. The number of carbonyl (C=O) groups excluding carboxylic acids is 3. The van der Waals surface area contributed by atoms with Gasteiger partial charge in [0.1, 0.15) is 0 Å². The predicted octanol–water partition coefficient (Wildman–Crippen LogP) is 1.75. The van der Waals surface area contributed by atoms with Gasteiger partial charge in [-0.1, -0.05) is 18.7 Å². The Morgan fingerprint density at radius 2 is 2.05 bits per heavy atom. The monoisotopic (exact) mass is 310 g/mol. The normalized spacial score (nSPS) is 11.6. The number of methoxy groups -OCH3 is 1.